The predicted molar refractivity (Wildman–Crippen MR) is 48.3 cm³/mol. The van der Waals surface area contributed by atoms with Crippen LogP contribution < -0.4 is 5.32 Å². The lowest BCUT2D eigenvalue weighted by molar-refractivity contribution is 0.0387. The molecular weight excluding hydrogens is 154 g/mol. The van der Waals surface area contributed by atoms with Crippen LogP contribution in [0.2, 0.25) is 0 Å². The molecule has 2 unspecified atom stereocenters. The zero-order valence-electron chi connectivity index (χ0n) is 8.01. The highest BCUT2D eigenvalue weighted by atomic mass is 16.5. The van der Waals surface area contributed by atoms with E-state index in [2.05, 4.69) is 12.2 Å². The molecule has 12 heavy (non-hydrogen) atoms. The van der Waals surface area contributed by atoms with Crippen LogP contribution >= 0.6 is 0 Å². The lowest BCUT2D eigenvalue weighted by Crippen LogP contribution is -2.24. The van der Waals surface area contributed by atoms with E-state index in [9.17, 15) is 0 Å². The van der Waals surface area contributed by atoms with Gasteiger partial charge in [-0.05, 0) is 26.8 Å². The fraction of sp³-hybridized carbons (Fsp3) is 1.00. The maximum atomic E-state index is 5.61. The van der Waals surface area contributed by atoms with Gasteiger partial charge in [0.2, 0.25) is 0 Å². The second kappa shape index (κ2) is 5.51. The highest BCUT2D eigenvalue weighted by Gasteiger charge is 2.15. The smallest absolute Gasteiger partial charge is 0.0830 e. The summed E-state index contributed by atoms with van der Waals surface area (Å²) in [6.45, 7) is 4.66. The van der Waals surface area contributed by atoms with Gasteiger partial charge >= 0.3 is 0 Å². The first-order chi connectivity index (χ1) is 5.83. The molecule has 72 valence electrons. The average Bonchev–Trinajstić information content (AvgIpc) is 2.57. The Bertz CT molecular complexity index is 113. The van der Waals surface area contributed by atoms with E-state index < -0.39 is 0 Å². The van der Waals surface area contributed by atoms with E-state index in [1.807, 2.05) is 7.05 Å². The number of rotatable bonds is 5. The van der Waals surface area contributed by atoms with Gasteiger partial charge in [0.05, 0.1) is 12.7 Å². The molecule has 1 saturated heterocycles. The first-order valence-electron chi connectivity index (χ1n) is 4.69. The van der Waals surface area contributed by atoms with Crippen LogP contribution in [-0.2, 0) is 9.47 Å². The average molecular weight is 173 g/mol. The Balaban J connectivity index is 1.94. The molecule has 0 saturated carbocycles. The Hall–Kier alpha value is -0.120. The van der Waals surface area contributed by atoms with Crippen LogP contribution in [0.25, 0.3) is 0 Å². The van der Waals surface area contributed by atoms with Crippen molar-refractivity contribution < 1.29 is 9.47 Å². The van der Waals surface area contributed by atoms with E-state index >= 15 is 0 Å². The van der Waals surface area contributed by atoms with Gasteiger partial charge in [-0.1, -0.05) is 0 Å². The van der Waals surface area contributed by atoms with Gasteiger partial charge in [-0.15, -0.1) is 0 Å². The Morgan fingerprint density at radius 3 is 3.08 bits per heavy atom. The third-order valence-electron chi connectivity index (χ3n) is 2.29. The lowest BCUT2D eigenvalue weighted by Gasteiger charge is -2.13. The molecule has 0 amide bonds. The molecule has 0 spiro atoms. The Labute approximate surface area is 74.4 Å². The van der Waals surface area contributed by atoms with Crippen molar-refractivity contribution >= 4 is 0 Å². The molecule has 0 aromatic carbocycles. The standard InChI is InChI=1S/C9H19NO2/c1-8(10-2)3-6-12-9-4-5-11-7-9/h8-10H,3-7H2,1-2H3. The molecule has 0 aromatic heterocycles. The number of nitrogens with one attached hydrogen (secondary N) is 1. The quantitative estimate of drug-likeness (QED) is 0.666. The second-order valence-corrected chi connectivity index (χ2v) is 3.33. The number of hydrogen-bond acceptors (Lipinski definition) is 3. The molecule has 1 fully saturated rings. The Kier molecular flexibility index (Phi) is 4.58. The highest BCUT2D eigenvalue weighted by molar-refractivity contribution is 4.64. The fourth-order valence-corrected chi connectivity index (χ4v) is 1.20. The molecule has 0 bridgehead atoms. The topological polar surface area (TPSA) is 30.5 Å². The van der Waals surface area contributed by atoms with Gasteiger partial charge in [-0.2, -0.15) is 0 Å². The van der Waals surface area contributed by atoms with Crippen LogP contribution in [0.4, 0.5) is 0 Å². The second-order valence-electron chi connectivity index (χ2n) is 3.33. The van der Waals surface area contributed by atoms with Crippen molar-refractivity contribution in [2.24, 2.45) is 0 Å². The summed E-state index contributed by atoms with van der Waals surface area (Å²) in [7, 11) is 1.98. The van der Waals surface area contributed by atoms with Crippen molar-refractivity contribution in [3.05, 3.63) is 0 Å². The number of ether oxygens (including phenoxy) is 2. The molecule has 1 aliphatic heterocycles. The Morgan fingerprint density at radius 1 is 1.67 bits per heavy atom. The van der Waals surface area contributed by atoms with Crippen LogP contribution in [0, 0.1) is 0 Å². The van der Waals surface area contributed by atoms with Gasteiger partial charge in [-0.25, -0.2) is 0 Å². The summed E-state index contributed by atoms with van der Waals surface area (Å²) in [5.74, 6) is 0. The predicted octanol–water partition coefficient (Wildman–Crippen LogP) is 0.790. The van der Waals surface area contributed by atoms with Crippen molar-refractivity contribution in [1.29, 1.82) is 0 Å². The maximum absolute atomic E-state index is 5.61. The molecule has 0 radical (unpaired) electrons. The lowest BCUT2D eigenvalue weighted by atomic mass is 10.2. The molecule has 3 heteroatoms. The van der Waals surface area contributed by atoms with Gasteiger partial charge in [0, 0.05) is 19.3 Å². The Morgan fingerprint density at radius 2 is 2.50 bits per heavy atom. The van der Waals surface area contributed by atoms with Crippen LogP contribution in [0.3, 0.4) is 0 Å². The summed E-state index contributed by atoms with van der Waals surface area (Å²) >= 11 is 0. The summed E-state index contributed by atoms with van der Waals surface area (Å²) in [5.41, 5.74) is 0. The first kappa shape index (κ1) is 9.96. The minimum atomic E-state index is 0.356. The maximum Gasteiger partial charge on any atom is 0.0830 e. The van der Waals surface area contributed by atoms with Crippen LogP contribution in [0.5, 0.6) is 0 Å². The van der Waals surface area contributed by atoms with Crippen LogP contribution in [0.1, 0.15) is 19.8 Å². The molecular formula is C9H19NO2. The largest absolute Gasteiger partial charge is 0.379 e. The monoisotopic (exact) mass is 173 g/mol. The molecule has 1 heterocycles. The molecule has 2 atom stereocenters. The van der Waals surface area contributed by atoms with Gasteiger partial charge in [-0.3, -0.25) is 0 Å². The van der Waals surface area contributed by atoms with Gasteiger partial charge in [0.1, 0.15) is 0 Å². The zero-order valence-corrected chi connectivity index (χ0v) is 8.01. The molecule has 0 aliphatic carbocycles. The SMILES string of the molecule is CNC(C)CCOC1CCOC1. The molecule has 3 nitrogen and oxygen atoms in total. The van der Waals surface area contributed by atoms with E-state index in [1.165, 1.54) is 0 Å². The first-order valence-corrected chi connectivity index (χ1v) is 4.69. The molecule has 1 rings (SSSR count). The van der Waals surface area contributed by atoms with Crippen LogP contribution in [0.15, 0.2) is 0 Å². The minimum absolute atomic E-state index is 0.356. The van der Waals surface area contributed by atoms with Crippen molar-refractivity contribution in [3.8, 4) is 0 Å². The van der Waals surface area contributed by atoms with Crippen LogP contribution in [-0.4, -0.2) is 39.0 Å². The summed E-state index contributed by atoms with van der Waals surface area (Å²) in [6.07, 6.45) is 2.50. The molecule has 0 aromatic rings. The normalized spacial score (nSPS) is 26.0. The molecule has 1 aliphatic rings. The van der Waals surface area contributed by atoms with Crippen molar-refractivity contribution in [2.45, 2.75) is 31.9 Å². The summed E-state index contributed by atoms with van der Waals surface area (Å²) < 4.78 is 10.8. The minimum Gasteiger partial charge on any atom is -0.379 e. The van der Waals surface area contributed by atoms with Gasteiger partial charge in [0.25, 0.3) is 0 Å². The number of hydrogen-bond donors (Lipinski definition) is 1. The summed E-state index contributed by atoms with van der Waals surface area (Å²) in [4.78, 5) is 0. The fourth-order valence-electron chi connectivity index (χ4n) is 1.20. The van der Waals surface area contributed by atoms with E-state index in [4.69, 9.17) is 9.47 Å². The summed E-state index contributed by atoms with van der Waals surface area (Å²) in [6, 6.07) is 0.548. The van der Waals surface area contributed by atoms with E-state index in [1.54, 1.807) is 0 Å². The third kappa shape index (κ3) is 3.52. The highest BCUT2D eigenvalue weighted by Crippen LogP contribution is 2.08. The van der Waals surface area contributed by atoms with E-state index in [0.717, 1.165) is 32.7 Å². The van der Waals surface area contributed by atoms with Crippen molar-refractivity contribution in [3.63, 3.8) is 0 Å². The van der Waals surface area contributed by atoms with E-state index in [0.29, 0.717) is 12.1 Å². The van der Waals surface area contributed by atoms with Gasteiger partial charge in [0.15, 0.2) is 0 Å². The summed E-state index contributed by atoms with van der Waals surface area (Å²) in [5, 5.41) is 3.18. The van der Waals surface area contributed by atoms with Crippen molar-refractivity contribution in [2.75, 3.05) is 26.9 Å². The molecule has 1 N–H and O–H groups in total. The zero-order chi connectivity index (χ0) is 8.81. The third-order valence-corrected chi connectivity index (χ3v) is 2.29. The van der Waals surface area contributed by atoms with Gasteiger partial charge < -0.3 is 14.8 Å². The van der Waals surface area contributed by atoms with E-state index in [-0.39, 0.29) is 0 Å². The van der Waals surface area contributed by atoms with Crippen molar-refractivity contribution in [1.82, 2.24) is 5.32 Å².